The molecule has 0 fully saturated rings. The van der Waals surface area contributed by atoms with Crippen LogP contribution in [-0.4, -0.2) is 12.3 Å². The predicted molar refractivity (Wildman–Crippen MR) is 87.5 cm³/mol. The van der Waals surface area contributed by atoms with Crippen LogP contribution >= 0.6 is 7.26 Å². The third kappa shape index (κ3) is 2.03. The fourth-order valence-corrected chi connectivity index (χ4v) is 8.01. The van der Waals surface area contributed by atoms with E-state index in [1.165, 1.54) is 18.7 Å². The second kappa shape index (κ2) is 5.10. The molecule has 0 aliphatic carbocycles. The molecule has 1 unspecified atom stereocenters. The van der Waals surface area contributed by atoms with Crippen molar-refractivity contribution in [3.8, 4) is 0 Å². The van der Waals surface area contributed by atoms with Gasteiger partial charge in [-0.1, -0.05) is 43.3 Å². The molecule has 1 aliphatic rings. The number of hydrogen-bond acceptors (Lipinski definition) is 0. The highest BCUT2D eigenvalue weighted by Gasteiger charge is 2.45. The van der Waals surface area contributed by atoms with E-state index >= 15 is 0 Å². The first kappa shape index (κ1) is 12.9. The largest absolute Gasteiger partial charge is 0.103 e. The number of fused-ring (bicyclic) bond motifs is 1. The van der Waals surface area contributed by atoms with E-state index < -0.39 is 7.26 Å². The molecule has 1 heteroatoms. The first-order chi connectivity index (χ1) is 9.28. The maximum absolute atomic E-state index is 2.40. The smallest absolute Gasteiger partial charge is 0.0620 e. The number of benzene rings is 2. The van der Waals surface area contributed by atoms with E-state index in [4.69, 9.17) is 0 Å². The standard InChI is InChI=1S/C18H22P/c1-3-19(16-9-5-4-6-10-16)14-13-15(2)17-11-7-8-12-18(17)19/h4-12,15H,3,13-14H2,1-2H3/q+1/t15-,19?/m1/s1. The summed E-state index contributed by atoms with van der Waals surface area (Å²) in [5.41, 5.74) is 1.60. The van der Waals surface area contributed by atoms with Gasteiger partial charge >= 0.3 is 0 Å². The lowest BCUT2D eigenvalue weighted by Crippen LogP contribution is -2.33. The third-order valence-corrected chi connectivity index (χ3v) is 9.38. The third-order valence-electron chi connectivity index (χ3n) is 4.66. The van der Waals surface area contributed by atoms with Gasteiger partial charge in [0.2, 0.25) is 0 Å². The van der Waals surface area contributed by atoms with E-state index in [0.717, 1.165) is 5.92 Å². The minimum atomic E-state index is -1.15. The van der Waals surface area contributed by atoms with Crippen LogP contribution in [0, 0.1) is 0 Å². The van der Waals surface area contributed by atoms with Gasteiger partial charge in [-0.15, -0.1) is 0 Å². The molecule has 0 saturated heterocycles. The van der Waals surface area contributed by atoms with Crippen LogP contribution in [0.15, 0.2) is 54.6 Å². The molecule has 0 aromatic heterocycles. The van der Waals surface area contributed by atoms with Crippen molar-refractivity contribution in [2.24, 2.45) is 0 Å². The highest BCUT2D eigenvalue weighted by atomic mass is 31.2. The zero-order valence-electron chi connectivity index (χ0n) is 11.8. The summed E-state index contributed by atoms with van der Waals surface area (Å²) in [5, 5.41) is 3.26. The maximum Gasteiger partial charge on any atom is 0.103 e. The molecule has 0 nitrogen and oxygen atoms in total. The predicted octanol–water partition coefficient (Wildman–Crippen LogP) is 4.18. The van der Waals surface area contributed by atoms with Crippen LogP contribution in [0.3, 0.4) is 0 Å². The lowest BCUT2D eigenvalue weighted by atomic mass is 9.98. The van der Waals surface area contributed by atoms with Crippen LogP contribution in [0.2, 0.25) is 0 Å². The van der Waals surface area contributed by atoms with Crippen LogP contribution in [0.1, 0.15) is 31.7 Å². The van der Waals surface area contributed by atoms with Gasteiger partial charge in [-0.25, -0.2) is 0 Å². The van der Waals surface area contributed by atoms with Crippen molar-refractivity contribution in [2.45, 2.75) is 26.2 Å². The van der Waals surface area contributed by atoms with Crippen molar-refractivity contribution in [1.82, 2.24) is 0 Å². The lowest BCUT2D eigenvalue weighted by molar-refractivity contribution is 0.732. The molecule has 2 aromatic rings. The molecule has 0 bridgehead atoms. The molecule has 1 aliphatic heterocycles. The molecule has 0 spiro atoms. The van der Waals surface area contributed by atoms with Gasteiger partial charge < -0.3 is 0 Å². The summed E-state index contributed by atoms with van der Waals surface area (Å²) in [6.45, 7) is 4.76. The Morgan fingerprint density at radius 3 is 2.42 bits per heavy atom. The van der Waals surface area contributed by atoms with Crippen LogP contribution in [0.5, 0.6) is 0 Å². The van der Waals surface area contributed by atoms with Crippen LogP contribution in [-0.2, 0) is 0 Å². The molecule has 0 radical (unpaired) electrons. The maximum atomic E-state index is 2.40. The highest BCUT2D eigenvalue weighted by molar-refractivity contribution is 7.89. The van der Waals surface area contributed by atoms with Crippen LogP contribution in [0.25, 0.3) is 0 Å². The summed E-state index contributed by atoms with van der Waals surface area (Å²) < 4.78 is 0. The molecule has 3 rings (SSSR count). The molecule has 19 heavy (non-hydrogen) atoms. The van der Waals surface area contributed by atoms with Crippen molar-refractivity contribution in [3.63, 3.8) is 0 Å². The van der Waals surface area contributed by atoms with Gasteiger partial charge in [0.15, 0.2) is 0 Å². The molecule has 1 heterocycles. The fraction of sp³-hybridized carbons (Fsp3) is 0.333. The molecule has 0 N–H and O–H groups in total. The van der Waals surface area contributed by atoms with Crippen molar-refractivity contribution in [2.75, 3.05) is 12.3 Å². The van der Waals surface area contributed by atoms with Crippen molar-refractivity contribution < 1.29 is 0 Å². The quantitative estimate of drug-likeness (QED) is 0.717. The van der Waals surface area contributed by atoms with Crippen LogP contribution in [0.4, 0.5) is 0 Å². The first-order valence-electron chi connectivity index (χ1n) is 7.30. The minimum absolute atomic E-state index is 0.722. The Morgan fingerprint density at radius 1 is 1.00 bits per heavy atom. The van der Waals surface area contributed by atoms with E-state index in [-0.39, 0.29) is 0 Å². The average molecular weight is 269 g/mol. The molecule has 2 aromatic carbocycles. The second-order valence-electron chi connectivity index (χ2n) is 5.59. The molecular formula is C18H22P+. The summed E-state index contributed by atoms with van der Waals surface area (Å²) >= 11 is 0. The second-order valence-corrected chi connectivity index (χ2v) is 9.61. The van der Waals surface area contributed by atoms with Gasteiger partial charge in [-0.05, 0) is 43.0 Å². The molecule has 98 valence electrons. The average Bonchev–Trinajstić information content (AvgIpc) is 2.49. The zero-order chi connectivity index (χ0) is 13.3. The SMILES string of the molecule is CC[P+]1(c2ccccc2)CC[C@@H](C)c2ccccc21. The Labute approximate surface area is 117 Å². The summed E-state index contributed by atoms with van der Waals surface area (Å²) in [7, 11) is -1.15. The Balaban J connectivity index is 2.21. The number of hydrogen-bond donors (Lipinski definition) is 0. The molecular weight excluding hydrogens is 247 g/mol. The Morgan fingerprint density at radius 2 is 1.68 bits per heavy atom. The fourth-order valence-electron chi connectivity index (χ4n) is 3.48. The van der Waals surface area contributed by atoms with Gasteiger partial charge in [-0.2, -0.15) is 0 Å². The van der Waals surface area contributed by atoms with E-state index in [1.54, 1.807) is 16.2 Å². The summed E-state index contributed by atoms with van der Waals surface area (Å²) in [6.07, 6.45) is 4.01. The van der Waals surface area contributed by atoms with Gasteiger partial charge in [0, 0.05) is 0 Å². The number of rotatable bonds is 2. The van der Waals surface area contributed by atoms with E-state index in [9.17, 15) is 0 Å². The van der Waals surface area contributed by atoms with Gasteiger partial charge in [0.05, 0.1) is 24.9 Å². The summed E-state index contributed by atoms with van der Waals surface area (Å²) in [4.78, 5) is 0. The van der Waals surface area contributed by atoms with Crippen molar-refractivity contribution >= 4 is 17.9 Å². The molecule has 2 atom stereocenters. The summed E-state index contributed by atoms with van der Waals surface area (Å²) in [6, 6.07) is 20.4. The summed E-state index contributed by atoms with van der Waals surface area (Å²) in [5.74, 6) is 0.722. The van der Waals surface area contributed by atoms with Gasteiger partial charge in [-0.3, -0.25) is 0 Å². The Hall–Kier alpha value is -1.13. The Bertz CT molecular complexity index is 561. The van der Waals surface area contributed by atoms with Crippen LogP contribution < -0.4 is 10.6 Å². The lowest BCUT2D eigenvalue weighted by Gasteiger charge is -2.34. The van der Waals surface area contributed by atoms with E-state index in [0.29, 0.717) is 0 Å². The van der Waals surface area contributed by atoms with Gasteiger partial charge in [0.1, 0.15) is 5.30 Å². The zero-order valence-corrected chi connectivity index (χ0v) is 12.7. The molecule has 0 saturated carbocycles. The van der Waals surface area contributed by atoms with Gasteiger partial charge in [0.25, 0.3) is 0 Å². The van der Waals surface area contributed by atoms with E-state index in [2.05, 4.69) is 68.4 Å². The van der Waals surface area contributed by atoms with E-state index in [1.807, 2.05) is 0 Å². The monoisotopic (exact) mass is 269 g/mol. The molecule has 0 amide bonds. The Kier molecular flexibility index (Phi) is 3.46. The van der Waals surface area contributed by atoms with Crippen molar-refractivity contribution in [3.05, 3.63) is 60.2 Å². The highest BCUT2D eigenvalue weighted by Crippen LogP contribution is 2.60. The normalized spacial score (nSPS) is 25.9. The topological polar surface area (TPSA) is 0 Å². The first-order valence-corrected chi connectivity index (χ1v) is 9.46. The van der Waals surface area contributed by atoms with Crippen molar-refractivity contribution in [1.29, 1.82) is 0 Å². The minimum Gasteiger partial charge on any atom is -0.0620 e.